The van der Waals surface area contributed by atoms with Crippen LogP contribution < -0.4 is 10.6 Å². The third kappa shape index (κ3) is 3.90. The van der Waals surface area contributed by atoms with Crippen LogP contribution in [-0.2, 0) is 6.18 Å². The lowest BCUT2D eigenvalue weighted by atomic mass is 10.1. The van der Waals surface area contributed by atoms with Gasteiger partial charge in [0.25, 0.3) is 0 Å². The van der Waals surface area contributed by atoms with Crippen LogP contribution in [0.4, 0.5) is 19.0 Å². The fourth-order valence-corrected chi connectivity index (χ4v) is 1.33. The zero-order valence-electron chi connectivity index (χ0n) is 8.62. The smallest absolute Gasteiger partial charge is 0.364 e. The van der Waals surface area contributed by atoms with E-state index in [1.165, 1.54) is 12.3 Å². The highest BCUT2D eigenvalue weighted by Crippen LogP contribution is 2.33. The van der Waals surface area contributed by atoms with E-state index in [1.807, 2.05) is 0 Å². The minimum atomic E-state index is -4.35. The Balaban J connectivity index is 0.00000128. The van der Waals surface area contributed by atoms with Gasteiger partial charge in [-0.3, -0.25) is 0 Å². The Morgan fingerprint density at radius 2 is 1.94 bits per heavy atom. The van der Waals surface area contributed by atoms with Crippen molar-refractivity contribution in [3.63, 3.8) is 0 Å². The lowest BCUT2D eigenvalue weighted by Gasteiger charge is -2.29. The van der Waals surface area contributed by atoms with E-state index in [1.54, 1.807) is 0 Å². The van der Waals surface area contributed by atoms with Crippen LogP contribution in [0.3, 0.4) is 0 Å². The van der Waals surface area contributed by atoms with Crippen molar-refractivity contribution < 1.29 is 13.2 Å². The highest BCUT2D eigenvalue weighted by molar-refractivity contribution is 5.85. The van der Waals surface area contributed by atoms with Crippen molar-refractivity contribution in [3.8, 4) is 0 Å². The SMILES string of the molecule is Cl.Cl.FC(F)(F)c1cccnc1NC1CNC1. The molecule has 0 amide bonds. The van der Waals surface area contributed by atoms with Crippen LogP contribution >= 0.6 is 24.8 Å². The molecule has 2 rings (SSSR count). The fourth-order valence-electron chi connectivity index (χ4n) is 1.33. The number of nitrogens with one attached hydrogen (secondary N) is 2. The summed E-state index contributed by atoms with van der Waals surface area (Å²) in [7, 11) is 0. The zero-order valence-corrected chi connectivity index (χ0v) is 10.3. The van der Waals surface area contributed by atoms with Crippen LogP contribution in [0.2, 0.25) is 0 Å². The Hall–Kier alpha value is -0.720. The zero-order chi connectivity index (χ0) is 10.9. The quantitative estimate of drug-likeness (QED) is 0.877. The molecule has 0 bridgehead atoms. The van der Waals surface area contributed by atoms with Gasteiger partial charge in [-0.25, -0.2) is 4.98 Å². The Bertz CT molecular complexity index is 356. The summed E-state index contributed by atoms with van der Waals surface area (Å²) in [6, 6.07) is 2.36. The number of hydrogen-bond donors (Lipinski definition) is 2. The van der Waals surface area contributed by atoms with E-state index in [2.05, 4.69) is 15.6 Å². The van der Waals surface area contributed by atoms with Gasteiger partial charge in [-0.15, -0.1) is 24.8 Å². The highest BCUT2D eigenvalue weighted by atomic mass is 35.5. The lowest BCUT2D eigenvalue weighted by molar-refractivity contribution is -0.137. The van der Waals surface area contributed by atoms with E-state index in [0.717, 1.165) is 6.07 Å². The Labute approximate surface area is 109 Å². The van der Waals surface area contributed by atoms with Crippen molar-refractivity contribution in [1.82, 2.24) is 10.3 Å². The summed E-state index contributed by atoms with van der Waals surface area (Å²) in [5, 5.41) is 5.73. The number of rotatable bonds is 2. The Morgan fingerprint density at radius 1 is 1.29 bits per heavy atom. The molecule has 98 valence electrons. The molecule has 3 nitrogen and oxygen atoms in total. The molecule has 2 N–H and O–H groups in total. The van der Waals surface area contributed by atoms with Gasteiger partial charge in [0.05, 0.1) is 11.6 Å². The summed E-state index contributed by atoms with van der Waals surface area (Å²) in [4.78, 5) is 3.71. The average molecular weight is 290 g/mol. The van der Waals surface area contributed by atoms with Crippen LogP contribution in [0.15, 0.2) is 18.3 Å². The number of alkyl halides is 3. The molecule has 8 heteroatoms. The topological polar surface area (TPSA) is 37.0 Å². The van der Waals surface area contributed by atoms with Gasteiger partial charge in [0.2, 0.25) is 0 Å². The summed E-state index contributed by atoms with van der Waals surface area (Å²) in [5.41, 5.74) is -0.711. The lowest BCUT2D eigenvalue weighted by Crippen LogP contribution is -2.51. The van der Waals surface area contributed by atoms with Crippen molar-refractivity contribution >= 4 is 30.6 Å². The van der Waals surface area contributed by atoms with Crippen LogP contribution in [-0.4, -0.2) is 24.1 Å². The second-order valence-electron chi connectivity index (χ2n) is 3.40. The first kappa shape index (κ1) is 16.3. The maximum Gasteiger partial charge on any atom is 0.419 e. The molecule has 0 aromatic carbocycles. The molecule has 0 unspecified atom stereocenters. The first-order valence-electron chi connectivity index (χ1n) is 4.57. The van der Waals surface area contributed by atoms with Crippen molar-refractivity contribution in [2.24, 2.45) is 0 Å². The minimum Gasteiger partial charge on any atom is -0.364 e. The van der Waals surface area contributed by atoms with E-state index in [-0.39, 0.29) is 36.7 Å². The molecule has 1 aliphatic rings. The van der Waals surface area contributed by atoms with Gasteiger partial charge in [0.15, 0.2) is 0 Å². The van der Waals surface area contributed by atoms with Gasteiger partial charge in [0.1, 0.15) is 5.82 Å². The van der Waals surface area contributed by atoms with Crippen molar-refractivity contribution in [2.45, 2.75) is 12.2 Å². The molecule has 17 heavy (non-hydrogen) atoms. The normalized spacial score (nSPS) is 15.2. The van der Waals surface area contributed by atoms with E-state index >= 15 is 0 Å². The second kappa shape index (κ2) is 6.28. The number of aromatic nitrogens is 1. The van der Waals surface area contributed by atoms with Crippen LogP contribution in [0, 0.1) is 0 Å². The molecule has 1 fully saturated rings. The van der Waals surface area contributed by atoms with E-state index in [9.17, 15) is 13.2 Å². The number of halogens is 5. The third-order valence-corrected chi connectivity index (χ3v) is 2.24. The van der Waals surface area contributed by atoms with Gasteiger partial charge in [0, 0.05) is 19.3 Å². The monoisotopic (exact) mass is 289 g/mol. The largest absolute Gasteiger partial charge is 0.419 e. The van der Waals surface area contributed by atoms with Gasteiger partial charge in [-0.1, -0.05) is 0 Å². The standard InChI is InChI=1S/C9H10F3N3.2ClH/c10-9(11,12)7-2-1-3-14-8(7)15-6-4-13-5-6;;/h1-3,6,13H,4-5H2,(H,14,15);2*1H. The van der Waals surface area contributed by atoms with E-state index in [0.29, 0.717) is 13.1 Å². The van der Waals surface area contributed by atoms with E-state index in [4.69, 9.17) is 0 Å². The predicted octanol–water partition coefficient (Wildman–Crippen LogP) is 2.33. The summed E-state index contributed by atoms with van der Waals surface area (Å²) >= 11 is 0. The number of anilines is 1. The van der Waals surface area contributed by atoms with Gasteiger partial charge in [-0.05, 0) is 12.1 Å². The molecule has 0 saturated carbocycles. The highest BCUT2D eigenvalue weighted by Gasteiger charge is 2.34. The van der Waals surface area contributed by atoms with Gasteiger partial charge >= 0.3 is 6.18 Å². The molecule has 1 aliphatic heterocycles. The molecular weight excluding hydrogens is 278 g/mol. The van der Waals surface area contributed by atoms with Gasteiger partial charge < -0.3 is 10.6 Å². The molecule has 1 aromatic rings. The fraction of sp³-hybridized carbons (Fsp3) is 0.444. The molecular formula is C9H12Cl2F3N3. The summed E-state index contributed by atoms with van der Waals surface area (Å²) < 4.78 is 37.6. The third-order valence-electron chi connectivity index (χ3n) is 2.24. The van der Waals surface area contributed by atoms with Crippen LogP contribution in [0.5, 0.6) is 0 Å². The van der Waals surface area contributed by atoms with E-state index < -0.39 is 11.7 Å². The second-order valence-corrected chi connectivity index (χ2v) is 3.40. The number of pyridine rings is 1. The predicted molar refractivity (Wildman–Crippen MR) is 64.0 cm³/mol. The Kier molecular flexibility index (Phi) is 6.01. The van der Waals surface area contributed by atoms with Crippen LogP contribution in [0.1, 0.15) is 5.56 Å². The number of nitrogens with zero attached hydrogens (tertiary/aromatic N) is 1. The maximum absolute atomic E-state index is 12.5. The Morgan fingerprint density at radius 3 is 2.41 bits per heavy atom. The molecule has 0 aliphatic carbocycles. The first-order chi connectivity index (χ1) is 7.07. The molecule has 0 spiro atoms. The molecule has 1 aromatic heterocycles. The molecule has 0 atom stereocenters. The first-order valence-corrected chi connectivity index (χ1v) is 4.57. The van der Waals surface area contributed by atoms with Crippen molar-refractivity contribution in [2.75, 3.05) is 18.4 Å². The maximum atomic E-state index is 12.5. The number of hydrogen-bond acceptors (Lipinski definition) is 3. The van der Waals surface area contributed by atoms with Crippen molar-refractivity contribution in [1.29, 1.82) is 0 Å². The summed E-state index contributed by atoms with van der Waals surface area (Å²) in [6.45, 7) is 1.35. The van der Waals surface area contributed by atoms with Crippen LogP contribution in [0.25, 0.3) is 0 Å². The summed E-state index contributed by atoms with van der Waals surface area (Å²) in [5.74, 6) is -0.0866. The average Bonchev–Trinajstić information content (AvgIpc) is 2.10. The summed E-state index contributed by atoms with van der Waals surface area (Å²) in [6.07, 6.45) is -3.00. The van der Waals surface area contributed by atoms with Gasteiger partial charge in [-0.2, -0.15) is 13.2 Å². The molecule has 1 saturated heterocycles. The van der Waals surface area contributed by atoms with Crippen molar-refractivity contribution in [3.05, 3.63) is 23.9 Å². The molecule has 0 radical (unpaired) electrons. The minimum absolute atomic E-state index is 0. The molecule has 2 heterocycles.